The summed E-state index contributed by atoms with van der Waals surface area (Å²) < 4.78 is 6.67. The Morgan fingerprint density at radius 2 is 2.15 bits per heavy atom. The quantitative estimate of drug-likeness (QED) is 0.624. The summed E-state index contributed by atoms with van der Waals surface area (Å²) in [7, 11) is 0. The van der Waals surface area contributed by atoms with Crippen molar-refractivity contribution in [2.45, 2.75) is 20.0 Å². The van der Waals surface area contributed by atoms with E-state index in [1.54, 1.807) is 13.0 Å². The van der Waals surface area contributed by atoms with Crippen molar-refractivity contribution in [3.05, 3.63) is 51.8 Å². The topological polar surface area (TPSA) is 103 Å². The van der Waals surface area contributed by atoms with Gasteiger partial charge in [0.1, 0.15) is 6.20 Å². The van der Waals surface area contributed by atoms with Crippen molar-refractivity contribution < 1.29 is 14.5 Å². The molecule has 0 saturated carbocycles. The lowest BCUT2D eigenvalue weighted by Gasteiger charge is -2.26. The molecule has 0 bridgehead atoms. The third kappa shape index (κ3) is 4.06. The summed E-state index contributed by atoms with van der Waals surface area (Å²) >= 11 is 0. The molecule has 2 heterocycles. The molecule has 26 heavy (non-hydrogen) atoms. The molecule has 138 valence electrons. The molecule has 1 fully saturated rings. The van der Waals surface area contributed by atoms with E-state index in [9.17, 15) is 14.9 Å². The summed E-state index contributed by atoms with van der Waals surface area (Å²) in [5.41, 5.74) is 1.31. The van der Waals surface area contributed by atoms with E-state index in [0.29, 0.717) is 12.2 Å². The Morgan fingerprint density at radius 3 is 2.85 bits per heavy atom. The van der Waals surface area contributed by atoms with Crippen LogP contribution in [0.1, 0.15) is 23.0 Å². The van der Waals surface area contributed by atoms with E-state index < -0.39 is 10.8 Å². The molecule has 2 aromatic rings. The fourth-order valence-corrected chi connectivity index (χ4v) is 2.94. The monoisotopic (exact) mass is 359 g/mol. The Labute approximate surface area is 150 Å². The van der Waals surface area contributed by atoms with Gasteiger partial charge < -0.3 is 10.1 Å². The Bertz CT molecular complexity index is 798. The summed E-state index contributed by atoms with van der Waals surface area (Å²) in [5, 5.41) is 17.8. The standard InChI is InChI=1S/C17H21N5O4/c1-2-21-16(15(11-18-21)22(24)25)17(23)19-14-5-3-4-13(10-14)12-20-6-8-26-9-7-20/h3-5,10-11H,2,6-9,12H2,1H3,(H,19,23). The molecule has 0 aliphatic carbocycles. The highest BCUT2D eigenvalue weighted by atomic mass is 16.6. The van der Waals surface area contributed by atoms with Crippen molar-refractivity contribution in [2.24, 2.45) is 0 Å². The van der Waals surface area contributed by atoms with Crippen LogP contribution >= 0.6 is 0 Å². The van der Waals surface area contributed by atoms with Gasteiger partial charge in [-0.2, -0.15) is 5.10 Å². The first kappa shape index (κ1) is 18.0. The minimum Gasteiger partial charge on any atom is -0.379 e. The number of carbonyl (C=O) groups excluding carboxylic acids is 1. The van der Waals surface area contributed by atoms with Crippen LogP contribution in [-0.2, 0) is 17.8 Å². The molecule has 1 aliphatic heterocycles. The number of hydrogen-bond acceptors (Lipinski definition) is 6. The lowest BCUT2D eigenvalue weighted by atomic mass is 10.1. The highest BCUT2D eigenvalue weighted by Crippen LogP contribution is 2.20. The molecule has 9 heteroatoms. The second-order valence-electron chi connectivity index (χ2n) is 5.99. The van der Waals surface area contributed by atoms with E-state index in [1.165, 1.54) is 4.68 Å². The first-order valence-corrected chi connectivity index (χ1v) is 8.49. The molecule has 3 rings (SSSR count). The smallest absolute Gasteiger partial charge is 0.320 e. The zero-order chi connectivity index (χ0) is 18.5. The fourth-order valence-electron chi connectivity index (χ4n) is 2.94. The maximum absolute atomic E-state index is 12.6. The number of anilines is 1. The van der Waals surface area contributed by atoms with E-state index in [-0.39, 0.29) is 11.4 Å². The highest BCUT2D eigenvalue weighted by molar-refractivity contribution is 6.05. The number of hydrogen-bond donors (Lipinski definition) is 1. The Balaban J connectivity index is 1.74. The summed E-state index contributed by atoms with van der Waals surface area (Å²) in [6.07, 6.45) is 1.10. The van der Waals surface area contributed by atoms with Crippen molar-refractivity contribution in [3.8, 4) is 0 Å². The van der Waals surface area contributed by atoms with Crippen LogP contribution < -0.4 is 5.32 Å². The Morgan fingerprint density at radius 1 is 1.38 bits per heavy atom. The molecule has 1 aliphatic rings. The van der Waals surface area contributed by atoms with Crippen LogP contribution in [0, 0.1) is 10.1 Å². The largest absolute Gasteiger partial charge is 0.379 e. The van der Waals surface area contributed by atoms with E-state index in [1.807, 2.05) is 18.2 Å². The van der Waals surface area contributed by atoms with Gasteiger partial charge in [0.05, 0.1) is 18.1 Å². The fraction of sp³-hybridized carbons (Fsp3) is 0.412. The molecule has 1 aromatic heterocycles. The zero-order valence-electron chi connectivity index (χ0n) is 14.6. The number of nitro groups is 1. The minimum atomic E-state index is -0.594. The van der Waals surface area contributed by atoms with Gasteiger partial charge in [-0.1, -0.05) is 12.1 Å². The molecular weight excluding hydrogens is 338 g/mol. The lowest BCUT2D eigenvalue weighted by Crippen LogP contribution is -2.35. The first-order valence-electron chi connectivity index (χ1n) is 8.49. The van der Waals surface area contributed by atoms with E-state index in [0.717, 1.165) is 44.6 Å². The van der Waals surface area contributed by atoms with Crippen molar-refractivity contribution in [2.75, 3.05) is 31.6 Å². The van der Waals surface area contributed by atoms with Crippen LogP contribution in [0.3, 0.4) is 0 Å². The Hall–Kier alpha value is -2.78. The second kappa shape index (κ2) is 8.07. The number of carbonyl (C=O) groups is 1. The van der Waals surface area contributed by atoms with Gasteiger partial charge in [-0.3, -0.25) is 24.5 Å². The number of aryl methyl sites for hydroxylation is 1. The molecule has 1 N–H and O–H groups in total. The lowest BCUT2D eigenvalue weighted by molar-refractivity contribution is -0.385. The van der Waals surface area contributed by atoms with Crippen LogP contribution in [0.2, 0.25) is 0 Å². The molecule has 1 saturated heterocycles. The first-order chi connectivity index (χ1) is 12.6. The van der Waals surface area contributed by atoms with Gasteiger partial charge in [-0.15, -0.1) is 0 Å². The van der Waals surface area contributed by atoms with Crippen LogP contribution in [0.5, 0.6) is 0 Å². The third-order valence-electron chi connectivity index (χ3n) is 4.23. The van der Waals surface area contributed by atoms with Crippen LogP contribution in [0.25, 0.3) is 0 Å². The molecule has 0 unspecified atom stereocenters. The number of rotatable bonds is 6. The molecule has 0 spiro atoms. The average Bonchev–Trinajstić information content (AvgIpc) is 3.07. The van der Waals surface area contributed by atoms with Crippen molar-refractivity contribution in [1.29, 1.82) is 0 Å². The predicted molar refractivity (Wildman–Crippen MR) is 95.0 cm³/mol. The maximum Gasteiger partial charge on any atom is 0.320 e. The van der Waals surface area contributed by atoms with E-state index in [2.05, 4.69) is 15.3 Å². The SMILES string of the molecule is CCn1ncc([N+](=O)[O-])c1C(=O)Nc1cccc(CN2CCOCC2)c1. The summed E-state index contributed by atoms with van der Waals surface area (Å²) in [4.78, 5) is 25.4. The zero-order valence-corrected chi connectivity index (χ0v) is 14.6. The highest BCUT2D eigenvalue weighted by Gasteiger charge is 2.26. The number of nitrogens with zero attached hydrogens (tertiary/aromatic N) is 4. The minimum absolute atomic E-state index is 0.0453. The maximum atomic E-state index is 12.6. The van der Waals surface area contributed by atoms with Crippen molar-refractivity contribution >= 4 is 17.3 Å². The molecule has 1 amide bonds. The van der Waals surface area contributed by atoms with E-state index >= 15 is 0 Å². The van der Waals surface area contributed by atoms with Gasteiger partial charge in [-0.25, -0.2) is 0 Å². The van der Waals surface area contributed by atoms with Crippen LogP contribution in [0.15, 0.2) is 30.5 Å². The number of nitrogens with one attached hydrogen (secondary N) is 1. The number of amides is 1. The molecule has 0 atom stereocenters. The van der Waals surface area contributed by atoms with Gasteiger partial charge in [0, 0.05) is 31.9 Å². The molecule has 1 aromatic carbocycles. The van der Waals surface area contributed by atoms with Gasteiger partial charge >= 0.3 is 5.69 Å². The van der Waals surface area contributed by atoms with Gasteiger partial charge in [0.15, 0.2) is 0 Å². The third-order valence-corrected chi connectivity index (χ3v) is 4.23. The molecular formula is C17H21N5O4. The Kier molecular flexibility index (Phi) is 5.59. The van der Waals surface area contributed by atoms with Crippen LogP contribution in [0.4, 0.5) is 11.4 Å². The van der Waals surface area contributed by atoms with Gasteiger partial charge in [0.25, 0.3) is 5.91 Å². The summed E-state index contributed by atoms with van der Waals surface area (Å²) in [5.74, 6) is -0.542. The van der Waals surface area contributed by atoms with Crippen molar-refractivity contribution in [1.82, 2.24) is 14.7 Å². The molecule has 0 radical (unpaired) electrons. The summed E-state index contributed by atoms with van der Waals surface area (Å²) in [6, 6.07) is 7.49. The number of aromatic nitrogens is 2. The number of ether oxygens (including phenoxy) is 1. The average molecular weight is 359 g/mol. The van der Waals surface area contributed by atoms with Crippen molar-refractivity contribution in [3.63, 3.8) is 0 Å². The van der Waals surface area contributed by atoms with E-state index in [4.69, 9.17) is 4.74 Å². The summed E-state index contributed by atoms with van der Waals surface area (Å²) in [6.45, 7) is 6.10. The van der Waals surface area contributed by atoms with Gasteiger partial charge in [0.2, 0.25) is 5.69 Å². The normalized spacial score (nSPS) is 15.0. The second-order valence-corrected chi connectivity index (χ2v) is 5.99. The van der Waals surface area contributed by atoms with Gasteiger partial charge in [-0.05, 0) is 24.6 Å². The van der Waals surface area contributed by atoms with Crippen LogP contribution in [-0.4, -0.2) is 51.8 Å². The number of morpholine rings is 1. The molecule has 9 nitrogen and oxygen atoms in total. The number of benzene rings is 1. The predicted octanol–water partition coefficient (Wildman–Crippen LogP) is 1.90.